The first-order valence-corrected chi connectivity index (χ1v) is 6.91. The van der Waals surface area contributed by atoms with Gasteiger partial charge in [0.1, 0.15) is 0 Å². The fourth-order valence-electron chi connectivity index (χ4n) is 2.76. The van der Waals surface area contributed by atoms with Crippen LogP contribution in [-0.2, 0) is 0 Å². The Morgan fingerprint density at radius 3 is 2.89 bits per heavy atom. The van der Waals surface area contributed by atoms with Crippen molar-refractivity contribution in [3.63, 3.8) is 0 Å². The van der Waals surface area contributed by atoms with E-state index in [0.717, 1.165) is 37.2 Å². The van der Waals surface area contributed by atoms with E-state index in [2.05, 4.69) is 22.3 Å². The third kappa shape index (κ3) is 2.42. The molecule has 0 atom stereocenters. The number of nitrogens with one attached hydrogen (secondary N) is 1. The quantitative estimate of drug-likeness (QED) is 0.887. The summed E-state index contributed by atoms with van der Waals surface area (Å²) in [4.78, 5) is 4.45. The molecule has 0 amide bonds. The van der Waals surface area contributed by atoms with Crippen molar-refractivity contribution in [2.24, 2.45) is 5.92 Å². The van der Waals surface area contributed by atoms with Crippen LogP contribution in [-0.4, -0.2) is 31.9 Å². The van der Waals surface area contributed by atoms with Gasteiger partial charge in [0.25, 0.3) is 0 Å². The predicted octanol–water partition coefficient (Wildman–Crippen LogP) is 2.08. The van der Waals surface area contributed by atoms with Crippen molar-refractivity contribution in [1.82, 2.24) is 14.6 Å². The molecular formula is C14H20N4O. The molecule has 2 aromatic heterocycles. The maximum atomic E-state index is 9.74. The maximum absolute atomic E-state index is 9.74. The Bertz CT molecular complexity index is 524. The highest BCUT2D eigenvalue weighted by Gasteiger charge is 2.34. The van der Waals surface area contributed by atoms with Crippen LogP contribution in [0.15, 0.2) is 24.4 Å². The van der Waals surface area contributed by atoms with Gasteiger partial charge >= 0.3 is 0 Å². The second kappa shape index (κ2) is 4.81. The van der Waals surface area contributed by atoms with Crippen LogP contribution in [0, 0.1) is 5.92 Å². The van der Waals surface area contributed by atoms with Gasteiger partial charge in [-0.3, -0.25) is 0 Å². The third-order valence-corrected chi connectivity index (χ3v) is 4.15. The lowest BCUT2D eigenvalue weighted by molar-refractivity contribution is 0.154. The van der Waals surface area contributed by atoms with E-state index in [4.69, 9.17) is 0 Å². The molecule has 2 aromatic rings. The Hall–Kier alpha value is -1.62. The molecule has 0 saturated heterocycles. The largest absolute Gasteiger partial charge is 0.394 e. The molecule has 2 heterocycles. The van der Waals surface area contributed by atoms with E-state index >= 15 is 0 Å². The van der Waals surface area contributed by atoms with E-state index < -0.39 is 0 Å². The normalized spacial score (nSPS) is 27.6. The maximum Gasteiger partial charge on any atom is 0.243 e. The molecule has 1 fully saturated rings. The molecule has 5 heteroatoms. The van der Waals surface area contributed by atoms with Crippen LogP contribution in [0.25, 0.3) is 5.65 Å². The van der Waals surface area contributed by atoms with Gasteiger partial charge in [0.2, 0.25) is 5.95 Å². The Morgan fingerprint density at radius 1 is 1.42 bits per heavy atom. The molecule has 3 rings (SSSR count). The van der Waals surface area contributed by atoms with Gasteiger partial charge in [-0.25, -0.2) is 4.52 Å². The molecule has 0 aromatic carbocycles. The van der Waals surface area contributed by atoms with Crippen molar-refractivity contribution in [3.05, 3.63) is 24.4 Å². The summed E-state index contributed by atoms with van der Waals surface area (Å²) in [6.45, 7) is 2.40. The number of aliphatic hydroxyl groups is 1. The van der Waals surface area contributed by atoms with Crippen LogP contribution in [0.3, 0.4) is 0 Å². The Labute approximate surface area is 112 Å². The summed E-state index contributed by atoms with van der Waals surface area (Å²) in [6, 6.07) is 5.79. The van der Waals surface area contributed by atoms with Crippen molar-refractivity contribution in [1.29, 1.82) is 0 Å². The molecule has 1 aliphatic rings. The zero-order valence-corrected chi connectivity index (χ0v) is 11.2. The molecular weight excluding hydrogens is 240 g/mol. The Balaban J connectivity index is 1.82. The molecule has 5 nitrogen and oxygen atoms in total. The van der Waals surface area contributed by atoms with Crippen molar-refractivity contribution in [2.75, 3.05) is 11.9 Å². The number of anilines is 1. The predicted molar refractivity (Wildman–Crippen MR) is 74.1 cm³/mol. The Morgan fingerprint density at radius 2 is 2.21 bits per heavy atom. The van der Waals surface area contributed by atoms with Gasteiger partial charge in [0.05, 0.1) is 12.1 Å². The van der Waals surface area contributed by atoms with Crippen molar-refractivity contribution < 1.29 is 5.11 Å². The van der Waals surface area contributed by atoms with Crippen LogP contribution < -0.4 is 5.32 Å². The van der Waals surface area contributed by atoms with Gasteiger partial charge in [-0.1, -0.05) is 13.0 Å². The number of nitrogens with zero attached hydrogens (tertiary/aromatic N) is 3. The van der Waals surface area contributed by atoms with Crippen LogP contribution in [0.4, 0.5) is 5.95 Å². The third-order valence-electron chi connectivity index (χ3n) is 4.15. The summed E-state index contributed by atoms with van der Waals surface area (Å²) in [7, 11) is 0. The lowest BCUT2D eigenvalue weighted by Crippen LogP contribution is -2.45. The molecule has 0 bridgehead atoms. The summed E-state index contributed by atoms with van der Waals surface area (Å²) in [5.41, 5.74) is 0.569. The van der Waals surface area contributed by atoms with Crippen LogP contribution >= 0.6 is 0 Å². The molecule has 1 aliphatic carbocycles. The van der Waals surface area contributed by atoms with Gasteiger partial charge in [-0.15, -0.1) is 5.10 Å². The highest BCUT2D eigenvalue weighted by Crippen LogP contribution is 2.33. The SMILES string of the molecule is CC1CCC(CO)(Nc2nc3ccccn3n2)CC1. The molecule has 0 radical (unpaired) electrons. The lowest BCUT2D eigenvalue weighted by Gasteiger charge is -2.38. The summed E-state index contributed by atoms with van der Waals surface area (Å²) in [5.74, 6) is 1.35. The van der Waals surface area contributed by atoms with E-state index in [-0.39, 0.29) is 12.1 Å². The minimum absolute atomic E-state index is 0.134. The average Bonchev–Trinajstić information content (AvgIpc) is 2.83. The standard InChI is InChI=1S/C14H20N4O/c1-11-5-7-14(10-19,8-6-11)16-13-15-12-4-2-3-9-18(12)17-13/h2-4,9,11,19H,5-8,10H2,1H3,(H,16,17). The van der Waals surface area contributed by atoms with Gasteiger partial charge in [0.15, 0.2) is 5.65 Å². The minimum Gasteiger partial charge on any atom is -0.394 e. The molecule has 102 valence electrons. The van der Waals surface area contributed by atoms with Crippen molar-refractivity contribution in [2.45, 2.75) is 38.1 Å². The van der Waals surface area contributed by atoms with E-state index in [1.54, 1.807) is 4.52 Å². The fraction of sp³-hybridized carbons (Fsp3) is 0.571. The number of aliphatic hydroxyl groups excluding tert-OH is 1. The first kappa shape index (κ1) is 12.4. The summed E-state index contributed by atoms with van der Waals surface area (Å²) in [5, 5.41) is 17.5. The highest BCUT2D eigenvalue weighted by molar-refractivity contribution is 5.44. The Kier molecular flexibility index (Phi) is 3.14. The number of fused-ring (bicyclic) bond motifs is 1. The van der Waals surface area contributed by atoms with Gasteiger partial charge in [-0.05, 0) is 43.7 Å². The number of aromatic nitrogens is 3. The lowest BCUT2D eigenvalue weighted by atomic mass is 9.77. The number of hydrogen-bond donors (Lipinski definition) is 2. The number of rotatable bonds is 3. The topological polar surface area (TPSA) is 62.5 Å². The zero-order valence-electron chi connectivity index (χ0n) is 11.2. The van der Waals surface area contributed by atoms with Crippen LogP contribution in [0.2, 0.25) is 0 Å². The second-order valence-corrected chi connectivity index (χ2v) is 5.68. The zero-order chi connectivity index (χ0) is 13.3. The molecule has 19 heavy (non-hydrogen) atoms. The second-order valence-electron chi connectivity index (χ2n) is 5.68. The van der Waals surface area contributed by atoms with Crippen molar-refractivity contribution >= 4 is 11.6 Å². The summed E-state index contributed by atoms with van der Waals surface area (Å²) >= 11 is 0. The molecule has 0 unspecified atom stereocenters. The molecule has 0 spiro atoms. The molecule has 1 saturated carbocycles. The minimum atomic E-state index is -0.253. The summed E-state index contributed by atoms with van der Waals surface area (Å²) < 4.78 is 1.75. The van der Waals surface area contributed by atoms with E-state index in [1.807, 2.05) is 24.4 Å². The smallest absolute Gasteiger partial charge is 0.243 e. The number of pyridine rings is 1. The van der Waals surface area contributed by atoms with E-state index in [9.17, 15) is 5.11 Å². The van der Waals surface area contributed by atoms with E-state index in [0.29, 0.717) is 5.95 Å². The molecule has 2 N–H and O–H groups in total. The van der Waals surface area contributed by atoms with Crippen LogP contribution in [0.5, 0.6) is 0 Å². The van der Waals surface area contributed by atoms with Gasteiger partial charge < -0.3 is 10.4 Å². The van der Waals surface area contributed by atoms with Gasteiger partial charge in [0, 0.05) is 6.20 Å². The van der Waals surface area contributed by atoms with Gasteiger partial charge in [-0.2, -0.15) is 4.98 Å². The van der Waals surface area contributed by atoms with Crippen molar-refractivity contribution in [3.8, 4) is 0 Å². The first-order chi connectivity index (χ1) is 9.21. The number of hydrogen-bond acceptors (Lipinski definition) is 4. The monoisotopic (exact) mass is 260 g/mol. The van der Waals surface area contributed by atoms with E-state index in [1.165, 1.54) is 0 Å². The highest BCUT2D eigenvalue weighted by atomic mass is 16.3. The summed E-state index contributed by atoms with van der Waals surface area (Å²) in [6.07, 6.45) is 6.10. The average molecular weight is 260 g/mol. The fourth-order valence-corrected chi connectivity index (χ4v) is 2.76. The molecule has 0 aliphatic heterocycles. The van der Waals surface area contributed by atoms with Crippen LogP contribution in [0.1, 0.15) is 32.6 Å². The first-order valence-electron chi connectivity index (χ1n) is 6.91.